The highest BCUT2D eigenvalue weighted by Crippen LogP contribution is 2.08. The molecule has 2 heterocycles. The lowest BCUT2D eigenvalue weighted by atomic mass is 10.3. The minimum Gasteiger partial charge on any atom is -0.303 e. The van der Waals surface area contributed by atoms with Gasteiger partial charge in [0.05, 0.1) is 0 Å². The van der Waals surface area contributed by atoms with Crippen LogP contribution in [0.15, 0.2) is 10.9 Å². The number of hydrogen-bond acceptors (Lipinski definition) is 3. The summed E-state index contributed by atoms with van der Waals surface area (Å²) in [6.07, 6.45) is 3.60. The van der Waals surface area contributed by atoms with Crippen LogP contribution in [0.5, 0.6) is 0 Å². The summed E-state index contributed by atoms with van der Waals surface area (Å²) in [5, 5.41) is 0.281. The zero-order valence-electron chi connectivity index (χ0n) is 10.2. The number of aromatic nitrogens is 2. The highest BCUT2D eigenvalue weighted by atomic mass is 35.5. The maximum absolute atomic E-state index is 11.7. The lowest BCUT2D eigenvalue weighted by Crippen LogP contribution is -2.26. The molecule has 0 amide bonds. The second kappa shape index (κ2) is 5.65. The molecule has 1 aliphatic rings. The van der Waals surface area contributed by atoms with Crippen LogP contribution in [-0.4, -0.2) is 34.1 Å². The molecule has 94 valence electrons. The lowest BCUT2D eigenvalue weighted by Gasteiger charge is -2.15. The average molecular weight is 256 g/mol. The predicted molar refractivity (Wildman–Crippen MR) is 68.5 cm³/mol. The van der Waals surface area contributed by atoms with Gasteiger partial charge >= 0.3 is 0 Å². The SMILES string of the molecule is Cc1nc(Cl)cc(=O)n1CCCN1CCCC1. The molecule has 0 radical (unpaired) electrons. The van der Waals surface area contributed by atoms with Crippen LogP contribution in [0.3, 0.4) is 0 Å². The van der Waals surface area contributed by atoms with Crippen molar-refractivity contribution in [3.63, 3.8) is 0 Å². The molecule has 1 aromatic heterocycles. The Morgan fingerprint density at radius 2 is 2.06 bits per heavy atom. The quantitative estimate of drug-likeness (QED) is 0.769. The molecule has 0 aromatic carbocycles. The van der Waals surface area contributed by atoms with Gasteiger partial charge in [0.15, 0.2) is 0 Å². The number of aryl methyl sites for hydroxylation is 1. The Hall–Kier alpha value is -0.870. The zero-order chi connectivity index (χ0) is 12.3. The maximum Gasteiger partial charge on any atom is 0.254 e. The number of likely N-dealkylation sites (tertiary alicyclic amines) is 1. The Morgan fingerprint density at radius 3 is 2.71 bits per heavy atom. The molecule has 1 aromatic rings. The smallest absolute Gasteiger partial charge is 0.254 e. The van der Waals surface area contributed by atoms with Crippen molar-refractivity contribution in [2.75, 3.05) is 19.6 Å². The monoisotopic (exact) mass is 255 g/mol. The van der Waals surface area contributed by atoms with E-state index in [1.165, 1.54) is 32.0 Å². The van der Waals surface area contributed by atoms with Crippen LogP contribution in [0.25, 0.3) is 0 Å². The fourth-order valence-electron chi connectivity index (χ4n) is 2.32. The van der Waals surface area contributed by atoms with E-state index in [2.05, 4.69) is 9.88 Å². The second-order valence-corrected chi connectivity index (χ2v) is 4.91. The Kier molecular flexibility index (Phi) is 4.18. The Balaban J connectivity index is 1.92. The summed E-state index contributed by atoms with van der Waals surface area (Å²) in [5.74, 6) is 0.698. The highest BCUT2D eigenvalue weighted by Gasteiger charge is 2.11. The van der Waals surface area contributed by atoms with Gasteiger partial charge in [0.2, 0.25) is 0 Å². The van der Waals surface area contributed by atoms with Crippen molar-refractivity contribution < 1.29 is 0 Å². The molecule has 2 rings (SSSR count). The van der Waals surface area contributed by atoms with E-state index in [1.54, 1.807) is 4.57 Å². The van der Waals surface area contributed by atoms with Crippen LogP contribution in [0.1, 0.15) is 25.1 Å². The van der Waals surface area contributed by atoms with E-state index in [9.17, 15) is 4.79 Å². The van der Waals surface area contributed by atoms with Crippen LogP contribution < -0.4 is 5.56 Å². The molecule has 0 atom stereocenters. The third-order valence-electron chi connectivity index (χ3n) is 3.22. The van der Waals surface area contributed by atoms with Gasteiger partial charge in [-0.2, -0.15) is 0 Å². The molecule has 0 aliphatic carbocycles. The van der Waals surface area contributed by atoms with Crippen LogP contribution in [0, 0.1) is 6.92 Å². The Labute approximate surface area is 106 Å². The van der Waals surface area contributed by atoms with Gasteiger partial charge in [-0.05, 0) is 45.8 Å². The van der Waals surface area contributed by atoms with Crippen molar-refractivity contribution in [3.8, 4) is 0 Å². The summed E-state index contributed by atoms with van der Waals surface area (Å²) in [4.78, 5) is 18.3. The van der Waals surface area contributed by atoms with Crippen molar-refractivity contribution in [2.24, 2.45) is 0 Å². The molecule has 0 unspecified atom stereocenters. The summed E-state index contributed by atoms with van der Waals surface area (Å²) < 4.78 is 1.70. The van der Waals surface area contributed by atoms with Gasteiger partial charge in [0.1, 0.15) is 11.0 Å². The van der Waals surface area contributed by atoms with Gasteiger partial charge in [-0.15, -0.1) is 0 Å². The Bertz CT molecular complexity index is 438. The predicted octanol–water partition coefficient (Wildman–Crippen LogP) is 1.69. The minimum absolute atomic E-state index is 0.0519. The van der Waals surface area contributed by atoms with Gasteiger partial charge in [-0.3, -0.25) is 9.36 Å². The van der Waals surface area contributed by atoms with Crippen molar-refractivity contribution >= 4 is 11.6 Å². The van der Waals surface area contributed by atoms with Crippen LogP contribution in [0.2, 0.25) is 5.15 Å². The molecule has 0 bridgehead atoms. The van der Waals surface area contributed by atoms with E-state index in [-0.39, 0.29) is 10.7 Å². The number of nitrogens with zero attached hydrogens (tertiary/aromatic N) is 3. The van der Waals surface area contributed by atoms with E-state index in [4.69, 9.17) is 11.6 Å². The van der Waals surface area contributed by atoms with Crippen LogP contribution in [0.4, 0.5) is 0 Å². The molecule has 0 N–H and O–H groups in total. The van der Waals surface area contributed by atoms with Crippen LogP contribution >= 0.6 is 11.6 Å². The number of halogens is 1. The summed E-state index contributed by atoms with van der Waals surface area (Å²) >= 11 is 5.73. The molecule has 1 aliphatic heterocycles. The van der Waals surface area contributed by atoms with Crippen molar-refractivity contribution in [1.29, 1.82) is 0 Å². The van der Waals surface area contributed by atoms with Crippen LogP contribution in [-0.2, 0) is 6.54 Å². The fraction of sp³-hybridized carbons (Fsp3) is 0.667. The summed E-state index contributed by atoms with van der Waals surface area (Å²) in [7, 11) is 0. The zero-order valence-corrected chi connectivity index (χ0v) is 10.9. The normalized spacial score (nSPS) is 16.6. The molecule has 0 saturated carbocycles. The summed E-state index contributed by atoms with van der Waals surface area (Å²) in [5.41, 5.74) is -0.0519. The topological polar surface area (TPSA) is 38.1 Å². The van der Waals surface area contributed by atoms with Gasteiger partial charge in [-0.1, -0.05) is 11.6 Å². The van der Waals surface area contributed by atoms with E-state index in [0.717, 1.165) is 19.5 Å². The first-order chi connectivity index (χ1) is 8.16. The molecule has 1 fully saturated rings. The van der Waals surface area contributed by atoms with Gasteiger partial charge in [-0.25, -0.2) is 4.98 Å². The first-order valence-electron chi connectivity index (χ1n) is 6.13. The standard InChI is InChI=1S/C12H18ClN3O/c1-10-14-11(13)9-12(17)16(10)8-4-7-15-5-2-3-6-15/h9H,2-8H2,1H3. The molecule has 0 spiro atoms. The van der Waals surface area contributed by atoms with Crippen molar-refractivity contribution in [2.45, 2.75) is 32.7 Å². The summed E-state index contributed by atoms with van der Waals surface area (Å²) in [6, 6.07) is 1.38. The largest absolute Gasteiger partial charge is 0.303 e. The minimum atomic E-state index is -0.0519. The highest BCUT2D eigenvalue weighted by molar-refractivity contribution is 6.29. The first-order valence-corrected chi connectivity index (χ1v) is 6.51. The number of rotatable bonds is 4. The van der Waals surface area contributed by atoms with Gasteiger partial charge < -0.3 is 4.90 Å². The number of hydrogen-bond donors (Lipinski definition) is 0. The first kappa shape index (κ1) is 12.6. The van der Waals surface area contributed by atoms with Gasteiger partial charge in [0, 0.05) is 12.6 Å². The molecular weight excluding hydrogens is 238 g/mol. The average Bonchev–Trinajstić information content (AvgIpc) is 2.74. The third-order valence-corrected chi connectivity index (χ3v) is 3.42. The molecule has 1 saturated heterocycles. The fourth-order valence-corrected chi connectivity index (χ4v) is 2.53. The maximum atomic E-state index is 11.7. The van der Waals surface area contributed by atoms with E-state index >= 15 is 0 Å². The molecule has 17 heavy (non-hydrogen) atoms. The van der Waals surface area contributed by atoms with Gasteiger partial charge in [0.25, 0.3) is 5.56 Å². The summed E-state index contributed by atoms with van der Waals surface area (Å²) in [6.45, 7) is 6.02. The Morgan fingerprint density at radius 1 is 1.35 bits per heavy atom. The molecular formula is C12H18ClN3O. The van der Waals surface area contributed by atoms with Crippen molar-refractivity contribution in [3.05, 3.63) is 27.4 Å². The second-order valence-electron chi connectivity index (χ2n) is 4.52. The van der Waals surface area contributed by atoms with E-state index in [1.807, 2.05) is 6.92 Å². The lowest BCUT2D eigenvalue weighted by molar-refractivity contribution is 0.323. The third kappa shape index (κ3) is 3.30. The molecule has 5 heteroatoms. The molecule has 4 nitrogen and oxygen atoms in total. The van der Waals surface area contributed by atoms with E-state index in [0.29, 0.717) is 5.82 Å². The van der Waals surface area contributed by atoms with Crippen molar-refractivity contribution in [1.82, 2.24) is 14.5 Å². The van der Waals surface area contributed by atoms with E-state index < -0.39 is 0 Å².